The zero-order valence-corrected chi connectivity index (χ0v) is 65.2. The summed E-state index contributed by atoms with van der Waals surface area (Å²) in [5, 5.41) is 52.9. The second kappa shape index (κ2) is 63.4. The van der Waals surface area contributed by atoms with Crippen LogP contribution in [0.4, 0.5) is 0 Å². The molecule has 4 rings (SSSR count). The van der Waals surface area contributed by atoms with Crippen molar-refractivity contribution < 1.29 is 165 Å². The SMILES string of the molecule is C#CC#CC#CC#CC#CC#CC#CC#CC#CC#CC#CC#CC#CC#CC#CC#CC#CC#CC#CC#CC#CC#CC.CC[C@@H]1/C=C(\C)C[C@H](C)C[C@H](OC)[C@H]2O[C@@](O)(C(=O)C(=O)N3CCCC[C@H]3C(=O)O[C@H](/C(C)=C/[C@@H]3CCC[C@H](OC)C3)[C@H](C)[C@@H](OC(C)=O)CC1=O)[C@H](C)C[C@@H]2OC.OOOOOONOOOOOO.[HH].[HH].[HH].[HH].[HH].[HH].[HH].[HH].[HH].[HH].[HH].[HH].[HH].[HH].[HH].[HH].[HH].[HH].[HH].[HH].[HH].[HH].[HH].[HH].[HH].[HH].[HH].[HH].[HH].[HH].[HH].[HH].[HH]. The molecule has 1 aliphatic carbocycles. The van der Waals surface area contributed by atoms with Gasteiger partial charge in [0.2, 0.25) is 5.79 Å². The minimum atomic E-state index is -2.50. The first-order chi connectivity index (χ1) is 56.3. The average molecular weight is 1640 g/mol. The Labute approximate surface area is 726 Å². The first kappa shape index (κ1) is 98.9. The van der Waals surface area contributed by atoms with Crippen LogP contribution in [0.15, 0.2) is 23.3 Å². The molecule has 2 bridgehead atoms. The lowest BCUT2D eigenvalue weighted by atomic mass is 9.82. The number of terminal acetylenes is 1. The van der Waals surface area contributed by atoms with Gasteiger partial charge in [-0.05, 0) is 243 Å². The second-order valence-corrected chi connectivity index (χ2v) is 23.9. The average Bonchev–Trinajstić information content (AvgIpc) is 0.898. The van der Waals surface area contributed by atoms with E-state index in [2.05, 4.69) is 318 Å². The number of ketones is 2. The molecule has 3 fully saturated rings. The fourth-order valence-electron chi connectivity index (χ4n) is 11.2. The third-order valence-electron chi connectivity index (χ3n) is 16.1. The zero-order valence-electron chi connectivity index (χ0n) is 65.2. The molecule has 0 spiro atoms. The molecule has 4 N–H and O–H groups in total. The first-order valence-electron chi connectivity index (χ1n) is 35.0. The molecule has 0 unspecified atom stereocenters. The Morgan fingerprint density at radius 3 is 1.42 bits per heavy atom. The first-order valence-corrected chi connectivity index (χ1v) is 35.0. The number of hydrogen-bond acceptors (Lipinski definition) is 25. The summed E-state index contributed by atoms with van der Waals surface area (Å²) in [4.78, 5) is 78.3. The molecule has 13 atom stereocenters. The van der Waals surface area contributed by atoms with Gasteiger partial charge in [-0.3, -0.25) is 19.2 Å². The maximum Gasteiger partial charge on any atom is 0.329 e. The van der Waals surface area contributed by atoms with Gasteiger partial charge >= 0.3 is 11.9 Å². The van der Waals surface area contributed by atoms with E-state index in [0.717, 1.165) is 36.8 Å². The van der Waals surface area contributed by atoms with Crippen LogP contribution in [0.5, 0.6) is 0 Å². The van der Waals surface area contributed by atoms with E-state index in [4.69, 9.17) is 45.4 Å². The van der Waals surface area contributed by atoms with E-state index in [1.807, 2.05) is 33.8 Å². The molecule has 2 saturated heterocycles. The van der Waals surface area contributed by atoms with E-state index in [1.165, 1.54) is 31.7 Å². The van der Waals surface area contributed by atoms with E-state index in [1.54, 1.807) is 21.0 Å². The number of fused-ring (bicyclic) bond motifs is 3. The Morgan fingerprint density at radius 1 is 0.578 bits per heavy atom. The van der Waals surface area contributed by atoms with Crippen molar-refractivity contribution in [3.63, 3.8) is 0 Å². The van der Waals surface area contributed by atoms with Crippen molar-refractivity contribution in [1.82, 2.24) is 10.5 Å². The smallest absolute Gasteiger partial charge is 0.329 e. The largest absolute Gasteiger partial charge is 0.462 e. The number of nitrogens with zero attached hydrogens (tertiary/aromatic N) is 1. The van der Waals surface area contributed by atoms with Crippen LogP contribution in [0.2, 0.25) is 0 Å². The van der Waals surface area contributed by atoms with Gasteiger partial charge in [0, 0.05) is 260 Å². The number of esters is 2. The lowest BCUT2D eigenvalue weighted by Gasteiger charge is -2.47. The number of methoxy groups -OCH3 is 3. The van der Waals surface area contributed by atoms with Gasteiger partial charge in [0.25, 0.3) is 11.7 Å². The summed E-state index contributed by atoms with van der Waals surface area (Å²) >= 11 is 0. The van der Waals surface area contributed by atoms with Gasteiger partial charge in [-0.25, -0.2) is 15.3 Å². The van der Waals surface area contributed by atoms with E-state index in [0.29, 0.717) is 32.1 Å². The van der Waals surface area contributed by atoms with Gasteiger partial charge < -0.3 is 38.4 Å². The number of Topliss-reactive ketones (excluding diaryl/α,β-unsaturated/α-hetero) is 2. The van der Waals surface area contributed by atoms with Gasteiger partial charge in [-0.15, -0.1) is 6.42 Å². The molecule has 658 valence electrons. The second-order valence-electron chi connectivity index (χ2n) is 23.9. The van der Waals surface area contributed by atoms with E-state index in [-0.39, 0.29) is 96.6 Å². The monoisotopic (exact) mass is 1640 g/mol. The van der Waals surface area contributed by atoms with Crippen LogP contribution in [-0.2, 0) is 103 Å². The number of aliphatic hydroxyl groups is 1. The van der Waals surface area contributed by atoms with Crippen molar-refractivity contribution in [2.24, 2.45) is 29.6 Å². The Balaban J connectivity index is -0.0000000461. The summed E-state index contributed by atoms with van der Waals surface area (Å²) in [6.07, 6.45) is 12.0. The van der Waals surface area contributed by atoms with Crippen molar-refractivity contribution in [2.45, 2.75) is 181 Å². The molecule has 26 heteroatoms. The minimum absolute atomic E-state index is 0. The third-order valence-corrected chi connectivity index (χ3v) is 16.1. The van der Waals surface area contributed by atoms with Crippen molar-refractivity contribution >= 4 is 29.4 Å². The number of amides is 1. The molecule has 0 aromatic rings. The normalized spacial score (nSPS) is 22.3. The molecule has 3 heterocycles. The Morgan fingerprint density at radius 2 is 1.02 bits per heavy atom. The van der Waals surface area contributed by atoms with Crippen LogP contribution in [0.25, 0.3) is 0 Å². The molecule has 26 nitrogen and oxygen atoms in total. The summed E-state index contributed by atoms with van der Waals surface area (Å²) in [6.45, 7) is 14.4. The standard InChI is InChI=1S/C45H71NO12.C45H4.H3NO12.33H2/c1-11-33-20-26(2)19-27(3)21-38(54-9)41-39(55-10)23-29(5)45(52,58-41)42(49)43(50)46-18-13-12-17-35(46)44(51)57-40(30(6)37(25-36(33)48)56-31(7)47)28(4)22-32-15-14-16-34(24-32)53-8;1-3-5-7-9-11-13-15-17-19-21-23-25-27-29-31-33-35-37-39-41-43-45-44-42-40-38-36-34-32-30-28-26-24-22-20-18-16-14-12-10-8-6-4-2;2-6-10-12-8-4-1-5-9-13-11-7-3;;;;;;;;;;;;;;;;;;;;;;;;;;;;;;;;;/h20,22,27,29-30,32-35,37-41,52H,11-19,21,23-25H2,1-10H3;1H,2H3;1-3H;33*1H/b26-20+,28-22+;;;;;;;;;;;;;;;;;;;;;;;;;;;;;;;;;;;/t27-,29+,30+,32-,33+,34-,35-,37-,38-,39-,40+,41+,45+;;;;;;;;;;;;;;;;;;;;;;;;;;;;;;;;;;;/m0.................................../s1. The molecule has 3 aliphatic heterocycles. The molecular formula is C90H144N2O24. The zero-order chi connectivity index (χ0) is 85.1. The highest BCUT2D eigenvalue weighted by molar-refractivity contribution is 6.39. The number of carbonyl (C=O) groups is 5. The Kier molecular flexibility index (Phi) is 54.0. The number of rotatable bonds is 17. The summed E-state index contributed by atoms with van der Waals surface area (Å²) in [5.74, 6) is 99.1. The van der Waals surface area contributed by atoms with Gasteiger partial charge in [0.1, 0.15) is 30.1 Å². The highest BCUT2D eigenvalue weighted by Crippen LogP contribution is 2.39. The fraction of sp³-hybridized carbons (Fsp3) is 0.411. The van der Waals surface area contributed by atoms with Gasteiger partial charge in [-0.1, -0.05) is 67.7 Å². The summed E-state index contributed by atoms with van der Waals surface area (Å²) < 4.78 is 36.0. The summed E-state index contributed by atoms with van der Waals surface area (Å²) in [7, 11) is 4.78. The van der Waals surface area contributed by atoms with Gasteiger partial charge in [0.15, 0.2) is 0 Å². The third kappa shape index (κ3) is 43.0. The summed E-state index contributed by atoms with van der Waals surface area (Å²) in [5.41, 5.74) is 3.10. The lowest BCUT2D eigenvalue weighted by Crippen LogP contribution is -2.64. The molecule has 116 heavy (non-hydrogen) atoms. The fourth-order valence-corrected chi connectivity index (χ4v) is 11.2. The lowest BCUT2D eigenvalue weighted by molar-refractivity contribution is -0.792. The number of ether oxygens (including phenoxy) is 6. The Hall–Kier alpha value is -13.2. The highest BCUT2D eigenvalue weighted by atomic mass is 17.9. The van der Waals surface area contributed by atoms with Crippen LogP contribution < -0.4 is 5.64 Å². The van der Waals surface area contributed by atoms with Crippen molar-refractivity contribution in [3.05, 3.63) is 23.3 Å². The van der Waals surface area contributed by atoms with Crippen LogP contribution in [0.3, 0.4) is 0 Å². The maximum atomic E-state index is 14.5. The number of carbonyl (C=O) groups excluding carboxylic acids is 5. The van der Waals surface area contributed by atoms with Crippen molar-refractivity contribution in [3.8, 4) is 261 Å². The van der Waals surface area contributed by atoms with Gasteiger partial charge in [0.05, 0.1) is 18.3 Å². The number of hydrogen-bond donors (Lipinski definition) is 4. The van der Waals surface area contributed by atoms with E-state index >= 15 is 0 Å². The summed E-state index contributed by atoms with van der Waals surface area (Å²) in [6, 6.07) is -1.13. The minimum Gasteiger partial charge on any atom is -0.462 e. The molecule has 1 saturated carbocycles. The quantitative estimate of drug-likeness (QED) is 0.0200. The molecule has 0 radical (unpaired) electrons. The van der Waals surface area contributed by atoms with Crippen molar-refractivity contribution in [2.75, 3.05) is 27.9 Å². The van der Waals surface area contributed by atoms with E-state index < -0.39 is 83.7 Å². The predicted octanol–water partition coefficient (Wildman–Crippen LogP) is 13.7. The topological polar surface area (TPSA) is 309 Å². The van der Waals surface area contributed by atoms with Crippen LogP contribution in [0, 0.1) is 291 Å². The van der Waals surface area contributed by atoms with Crippen LogP contribution in [0.1, 0.15) is 180 Å². The molecule has 4 aliphatic rings. The van der Waals surface area contributed by atoms with E-state index in [9.17, 15) is 29.1 Å². The molecular weight excluding hydrogens is 1490 g/mol. The predicted molar refractivity (Wildman–Crippen MR) is 483 cm³/mol. The number of allylic oxidation sites excluding steroid dienone is 3. The molecule has 0 aromatic carbocycles. The maximum absolute atomic E-state index is 14.5. The molecule has 1 amide bonds. The number of nitrogens with one attached hydrogen (secondary N) is 1. The van der Waals surface area contributed by atoms with Crippen LogP contribution >= 0.6 is 0 Å². The highest BCUT2D eigenvalue weighted by Gasteiger charge is 2.57. The van der Waals surface area contributed by atoms with Crippen molar-refractivity contribution in [1.29, 1.82) is 0 Å². The van der Waals surface area contributed by atoms with Crippen LogP contribution in [-0.4, -0.2) is 126 Å². The van der Waals surface area contributed by atoms with Gasteiger partial charge in [-0.2, -0.15) is 0 Å². The number of cyclic esters (lactones) is 1. The molecule has 0 aromatic heterocycles. The number of piperidine rings is 1. The Bertz CT molecular complexity index is 5110.